The molecule has 0 radical (unpaired) electrons. The van der Waals surface area contributed by atoms with Gasteiger partial charge in [-0.05, 0) is 38.0 Å². The highest BCUT2D eigenvalue weighted by Crippen LogP contribution is 2.27. The molecule has 0 saturated carbocycles. The van der Waals surface area contributed by atoms with Gasteiger partial charge in [-0.15, -0.1) is 0 Å². The van der Waals surface area contributed by atoms with Gasteiger partial charge in [0.1, 0.15) is 17.4 Å². The zero-order valence-corrected chi connectivity index (χ0v) is 11.3. The Bertz CT molecular complexity index is 500. The third-order valence-electron chi connectivity index (χ3n) is 3.14. The van der Waals surface area contributed by atoms with Gasteiger partial charge in [0.25, 0.3) is 0 Å². The minimum absolute atomic E-state index is 0.256. The molecule has 0 fully saturated rings. The molecule has 0 N–H and O–H groups in total. The van der Waals surface area contributed by atoms with Gasteiger partial charge in [-0.2, -0.15) is 0 Å². The maximum Gasteiger partial charge on any atom is 0.316 e. The first-order valence-electron chi connectivity index (χ1n) is 6.37. The smallest absolute Gasteiger partial charge is 0.316 e. The number of carbonyl (C=O) groups excluding carboxylic acids is 1. The lowest BCUT2D eigenvalue weighted by atomic mass is 10.0. The van der Waals surface area contributed by atoms with Crippen molar-refractivity contribution in [1.29, 1.82) is 0 Å². The second kappa shape index (κ2) is 6.23. The molecule has 3 nitrogen and oxygen atoms in total. The van der Waals surface area contributed by atoms with Crippen LogP contribution < -0.4 is 4.74 Å². The number of ether oxygens (including phenoxy) is 2. The quantitative estimate of drug-likeness (QED) is 0.615. The molecule has 100 valence electrons. The Labute approximate surface area is 113 Å². The number of hydrogen-bond donors (Lipinski definition) is 0. The molecule has 2 rings (SSSR count). The molecule has 0 aromatic heterocycles. The number of allylic oxidation sites excluding steroid dienone is 3. The maximum atomic E-state index is 11.9. The number of rotatable bonds is 3. The van der Waals surface area contributed by atoms with E-state index in [1.165, 1.54) is 12.7 Å². The van der Waals surface area contributed by atoms with Crippen molar-refractivity contribution in [1.82, 2.24) is 0 Å². The topological polar surface area (TPSA) is 35.5 Å². The average Bonchev–Trinajstić information content (AvgIpc) is 2.62. The van der Waals surface area contributed by atoms with Crippen molar-refractivity contribution in [2.24, 2.45) is 5.92 Å². The largest absolute Gasteiger partial charge is 0.468 e. The summed E-state index contributed by atoms with van der Waals surface area (Å²) in [6.45, 7) is 2.05. The van der Waals surface area contributed by atoms with Gasteiger partial charge in [-0.3, -0.25) is 4.79 Å². The van der Waals surface area contributed by atoms with E-state index >= 15 is 0 Å². The first-order valence-corrected chi connectivity index (χ1v) is 6.37. The Morgan fingerprint density at radius 3 is 2.63 bits per heavy atom. The molecule has 0 amide bonds. The van der Waals surface area contributed by atoms with E-state index in [1.807, 2.05) is 36.4 Å². The Kier molecular flexibility index (Phi) is 4.39. The lowest BCUT2D eigenvalue weighted by Gasteiger charge is -2.16. The fraction of sp³-hybridized carbons (Fsp3) is 0.312. The number of methoxy groups -OCH3 is 1. The summed E-state index contributed by atoms with van der Waals surface area (Å²) in [5.41, 5.74) is 1.24. The van der Waals surface area contributed by atoms with Crippen LogP contribution in [0.1, 0.15) is 19.8 Å². The zero-order chi connectivity index (χ0) is 13.7. The lowest BCUT2D eigenvalue weighted by Crippen LogP contribution is -2.20. The van der Waals surface area contributed by atoms with Gasteiger partial charge in [0, 0.05) is 0 Å². The van der Waals surface area contributed by atoms with Crippen LogP contribution in [0.15, 0.2) is 53.8 Å². The Morgan fingerprint density at radius 2 is 1.95 bits per heavy atom. The summed E-state index contributed by atoms with van der Waals surface area (Å²) in [7, 11) is 1.41. The van der Waals surface area contributed by atoms with Gasteiger partial charge in [0.05, 0.1) is 7.11 Å². The average molecular weight is 258 g/mol. The predicted molar refractivity (Wildman–Crippen MR) is 73.7 cm³/mol. The lowest BCUT2D eigenvalue weighted by molar-refractivity contribution is -0.144. The molecule has 19 heavy (non-hydrogen) atoms. The standard InChI is InChI=1S/C16H18O3/c1-12-8-10-14(16(17)18-2)15(11-9-12)19-13-6-4-3-5-7-13/h3-8,11,14H,9-10H2,1-2H3. The van der Waals surface area contributed by atoms with Crippen LogP contribution in [0.5, 0.6) is 5.75 Å². The highest BCUT2D eigenvalue weighted by molar-refractivity contribution is 5.75. The summed E-state index contributed by atoms with van der Waals surface area (Å²) in [6, 6.07) is 9.49. The van der Waals surface area contributed by atoms with Crippen molar-refractivity contribution in [2.75, 3.05) is 7.11 Å². The third kappa shape index (κ3) is 3.47. The summed E-state index contributed by atoms with van der Waals surface area (Å²) in [5, 5.41) is 0. The van der Waals surface area contributed by atoms with Crippen molar-refractivity contribution >= 4 is 5.97 Å². The number of carbonyl (C=O) groups is 1. The fourth-order valence-corrected chi connectivity index (χ4v) is 2.01. The van der Waals surface area contributed by atoms with Crippen molar-refractivity contribution in [3.05, 3.63) is 53.8 Å². The van der Waals surface area contributed by atoms with Gasteiger partial charge < -0.3 is 9.47 Å². The second-order valence-electron chi connectivity index (χ2n) is 4.59. The van der Waals surface area contributed by atoms with E-state index in [4.69, 9.17) is 9.47 Å². The molecule has 1 aliphatic carbocycles. The molecule has 0 bridgehead atoms. The molecule has 1 aromatic rings. The first-order chi connectivity index (χ1) is 9.20. The summed E-state index contributed by atoms with van der Waals surface area (Å²) in [4.78, 5) is 11.9. The number of hydrogen-bond acceptors (Lipinski definition) is 3. The van der Waals surface area contributed by atoms with Crippen LogP contribution in [0.4, 0.5) is 0 Å². The van der Waals surface area contributed by atoms with Crippen molar-refractivity contribution < 1.29 is 14.3 Å². The van der Waals surface area contributed by atoms with Gasteiger partial charge >= 0.3 is 5.97 Å². The molecule has 3 heteroatoms. The molecular formula is C16H18O3. The highest BCUT2D eigenvalue weighted by Gasteiger charge is 2.26. The summed E-state index contributed by atoms with van der Waals surface area (Å²) >= 11 is 0. The Balaban J connectivity index is 2.21. The van der Waals surface area contributed by atoms with Crippen molar-refractivity contribution in [3.63, 3.8) is 0 Å². The van der Waals surface area contributed by atoms with Crippen LogP contribution in [0.3, 0.4) is 0 Å². The summed E-state index contributed by atoms with van der Waals surface area (Å²) in [6.07, 6.45) is 5.46. The molecular weight excluding hydrogens is 240 g/mol. The Morgan fingerprint density at radius 1 is 1.21 bits per heavy atom. The van der Waals surface area contributed by atoms with E-state index in [1.54, 1.807) is 0 Å². The van der Waals surface area contributed by atoms with E-state index in [-0.39, 0.29) is 11.9 Å². The molecule has 1 aliphatic rings. The van der Waals surface area contributed by atoms with Crippen LogP contribution in [-0.2, 0) is 9.53 Å². The molecule has 1 unspecified atom stereocenters. The molecule has 0 saturated heterocycles. The summed E-state index contributed by atoms with van der Waals surface area (Å²) < 4.78 is 10.7. The van der Waals surface area contributed by atoms with E-state index in [2.05, 4.69) is 13.0 Å². The van der Waals surface area contributed by atoms with E-state index in [0.717, 1.165) is 12.2 Å². The monoisotopic (exact) mass is 258 g/mol. The molecule has 0 heterocycles. The first kappa shape index (κ1) is 13.4. The van der Waals surface area contributed by atoms with Crippen LogP contribution in [-0.4, -0.2) is 13.1 Å². The normalized spacial score (nSPS) is 18.9. The van der Waals surface area contributed by atoms with Crippen molar-refractivity contribution in [3.8, 4) is 5.75 Å². The van der Waals surface area contributed by atoms with Crippen LogP contribution >= 0.6 is 0 Å². The van der Waals surface area contributed by atoms with E-state index in [9.17, 15) is 4.79 Å². The number of esters is 1. The molecule has 1 atom stereocenters. The van der Waals surface area contributed by atoms with Gasteiger partial charge in [-0.1, -0.05) is 29.8 Å². The predicted octanol–water partition coefficient (Wildman–Crippen LogP) is 3.48. The third-order valence-corrected chi connectivity index (χ3v) is 3.14. The van der Waals surface area contributed by atoms with Crippen LogP contribution in [0.2, 0.25) is 0 Å². The molecule has 1 aromatic carbocycles. The van der Waals surface area contributed by atoms with Crippen LogP contribution in [0.25, 0.3) is 0 Å². The van der Waals surface area contributed by atoms with Crippen LogP contribution in [0, 0.1) is 5.92 Å². The zero-order valence-electron chi connectivity index (χ0n) is 11.3. The SMILES string of the molecule is COC(=O)C1CC=C(C)CC=C1Oc1ccccc1. The van der Waals surface area contributed by atoms with E-state index < -0.39 is 0 Å². The minimum atomic E-state index is -0.359. The number of benzene rings is 1. The van der Waals surface area contributed by atoms with Gasteiger partial charge in [0.2, 0.25) is 0 Å². The molecule has 0 aliphatic heterocycles. The second-order valence-corrected chi connectivity index (χ2v) is 4.59. The summed E-state index contributed by atoms with van der Waals surface area (Å²) in [5.74, 6) is 0.796. The van der Waals surface area contributed by atoms with Crippen molar-refractivity contribution in [2.45, 2.75) is 19.8 Å². The van der Waals surface area contributed by atoms with Gasteiger partial charge in [-0.25, -0.2) is 0 Å². The minimum Gasteiger partial charge on any atom is -0.468 e. The fourth-order valence-electron chi connectivity index (χ4n) is 2.01. The maximum absolute atomic E-state index is 11.9. The highest BCUT2D eigenvalue weighted by atomic mass is 16.5. The Hall–Kier alpha value is -2.03. The van der Waals surface area contributed by atoms with E-state index in [0.29, 0.717) is 12.2 Å². The van der Waals surface area contributed by atoms with Gasteiger partial charge in [0.15, 0.2) is 0 Å². The molecule has 0 spiro atoms. The number of para-hydroxylation sites is 1.